The summed E-state index contributed by atoms with van der Waals surface area (Å²) in [5.74, 6) is 0. The molecule has 0 saturated heterocycles. The van der Waals surface area contributed by atoms with E-state index in [1.807, 2.05) is 22.7 Å². The largest absolute Gasteiger partial charge is 0.455 e. The number of furan rings is 1. The quantitative estimate of drug-likeness (QED) is 0.159. The van der Waals surface area contributed by atoms with Crippen LogP contribution >= 0.6 is 22.7 Å². The van der Waals surface area contributed by atoms with Crippen LogP contribution in [-0.2, 0) is 0 Å². The molecule has 0 saturated carbocycles. The van der Waals surface area contributed by atoms with Gasteiger partial charge in [-0.1, -0.05) is 152 Å². The molecule has 0 amide bonds. The molecule has 64 heavy (non-hydrogen) atoms. The Labute approximate surface area is 378 Å². The van der Waals surface area contributed by atoms with E-state index in [-0.39, 0.29) is 0 Å². The normalized spacial score (nSPS) is 11.8. The first-order valence-electron chi connectivity index (χ1n) is 21.6. The molecule has 0 spiro atoms. The summed E-state index contributed by atoms with van der Waals surface area (Å²) in [4.78, 5) is 2.46. The molecular weight excluding hydrogens is 815 g/mol. The third kappa shape index (κ3) is 6.06. The topological polar surface area (TPSA) is 16.4 Å². The molecule has 0 aliphatic heterocycles. The third-order valence-electron chi connectivity index (χ3n) is 12.7. The van der Waals surface area contributed by atoms with Crippen LogP contribution in [0, 0.1) is 0 Å². The van der Waals surface area contributed by atoms with E-state index in [0.717, 1.165) is 61.3 Å². The van der Waals surface area contributed by atoms with Gasteiger partial charge < -0.3 is 9.32 Å². The van der Waals surface area contributed by atoms with Crippen LogP contribution in [0.5, 0.6) is 0 Å². The highest BCUT2D eigenvalue weighted by molar-refractivity contribution is 7.26. The number of hydrogen-bond acceptors (Lipinski definition) is 4. The van der Waals surface area contributed by atoms with Crippen LogP contribution < -0.4 is 4.90 Å². The maximum Gasteiger partial charge on any atom is 0.145 e. The van der Waals surface area contributed by atoms with Gasteiger partial charge in [0, 0.05) is 68.2 Å². The molecule has 3 aromatic heterocycles. The van der Waals surface area contributed by atoms with Gasteiger partial charge in [-0.15, -0.1) is 22.7 Å². The Morgan fingerprint density at radius 1 is 0.328 bits per heavy atom. The predicted octanol–water partition coefficient (Wildman–Crippen LogP) is 18.5. The van der Waals surface area contributed by atoms with Gasteiger partial charge in [0.25, 0.3) is 0 Å². The van der Waals surface area contributed by atoms with Crippen LogP contribution in [-0.4, -0.2) is 0 Å². The second-order valence-corrected chi connectivity index (χ2v) is 18.5. The van der Waals surface area contributed by atoms with Crippen molar-refractivity contribution in [2.75, 3.05) is 4.90 Å². The molecule has 0 bridgehead atoms. The van der Waals surface area contributed by atoms with Crippen LogP contribution in [0.1, 0.15) is 0 Å². The highest BCUT2D eigenvalue weighted by Crippen LogP contribution is 2.50. The van der Waals surface area contributed by atoms with Crippen LogP contribution in [0.15, 0.2) is 229 Å². The smallest absolute Gasteiger partial charge is 0.145 e. The molecule has 0 N–H and O–H groups in total. The standard InChI is InChI=1S/C60H37NOS2/c1-5-15-38(16-6-1)42-25-28-49-54(35-42)62-59-46(40-19-9-3-10-20-40)30-31-53(58(49)59)61(44-27-32-56-51(36-44)47-23-13-14-24-55(47)63-56)45-26-29-48-52-34-43(39-17-7-2-8-18-39)33-50(41-21-11-4-12-22-41)60(52)64-57(48)37-45/h1-37H. The van der Waals surface area contributed by atoms with Crippen molar-refractivity contribution >= 4 is 102 Å². The fourth-order valence-electron chi connectivity index (χ4n) is 9.62. The maximum absolute atomic E-state index is 7.07. The molecule has 0 atom stereocenters. The summed E-state index contributed by atoms with van der Waals surface area (Å²) in [5, 5.41) is 7.23. The van der Waals surface area contributed by atoms with Crippen LogP contribution in [0.3, 0.4) is 0 Å². The number of rotatable bonds is 7. The van der Waals surface area contributed by atoms with E-state index in [4.69, 9.17) is 4.42 Å². The van der Waals surface area contributed by atoms with E-state index in [0.29, 0.717) is 0 Å². The molecule has 300 valence electrons. The molecule has 0 aliphatic carbocycles. The SMILES string of the molecule is c1ccc(-c2ccc3c(c2)oc2c(-c4ccccc4)ccc(N(c4ccc5c(c4)sc4c(-c6ccccc6)cc(-c6ccccc6)cc45)c4ccc5sc6ccccc6c5c4)c23)cc1. The van der Waals surface area contributed by atoms with Crippen molar-refractivity contribution in [3.05, 3.63) is 224 Å². The number of anilines is 3. The summed E-state index contributed by atoms with van der Waals surface area (Å²) in [7, 11) is 0. The van der Waals surface area contributed by atoms with Gasteiger partial charge in [0.15, 0.2) is 0 Å². The van der Waals surface area contributed by atoms with Crippen LogP contribution in [0.25, 0.3) is 107 Å². The summed E-state index contributed by atoms with van der Waals surface area (Å²) in [5.41, 5.74) is 14.4. The van der Waals surface area contributed by atoms with Crippen molar-refractivity contribution in [2.45, 2.75) is 0 Å². The van der Waals surface area contributed by atoms with Gasteiger partial charge in [-0.25, -0.2) is 0 Å². The first-order chi connectivity index (χ1) is 31.7. The number of nitrogens with zero attached hydrogens (tertiary/aromatic N) is 1. The fourth-order valence-corrected chi connectivity index (χ4v) is 12.0. The van der Waals surface area contributed by atoms with Crippen molar-refractivity contribution in [3.63, 3.8) is 0 Å². The zero-order valence-corrected chi connectivity index (χ0v) is 36.2. The predicted molar refractivity (Wildman–Crippen MR) is 276 cm³/mol. The van der Waals surface area contributed by atoms with E-state index in [1.165, 1.54) is 62.6 Å². The van der Waals surface area contributed by atoms with E-state index in [9.17, 15) is 0 Å². The van der Waals surface area contributed by atoms with Gasteiger partial charge in [-0.05, 0) is 106 Å². The van der Waals surface area contributed by atoms with Crippen molar-refractivity contribution in [1.82, 2.24) is 0 Å². The molecule has 4 heteroatoms. The van der Waals surface area contributed by atoms with Gasteiger partial charge in [-0.3, -0.25) is 0 Å². The van der Waals surface area contributed by atoms with Crippen molar-refractivity contribution < 1.29 is 4.42 Å². The number of fused-ring (bicyclic) bond motifs is 9. The van der Waals surface area contributed by atoms with Gasteiger partial charge in [0.05, 0.1) is 11.1 Å². The molecule has 0 fully saturated rings. The Bertz CT molecular complexity index is 3890. The summed E-state index contributed by atoms with van der Waals surface area (Å²) >= 11 is 3.73. The lowest BCUT2D eigenvalue weighted by molar-refractivity contribution is 0.670. The average Bonchev–Trinajstić information content (AvgIpc) is 4.06. The van der Waals surface area contributed by atoms with Crippen molar-refractivity contribution in [2.24, 2.45) is 0 Å². The molecule has 0 unspecified atom stereocenters. The minimum absolute atomic E-state index is 0.864. The highest BCUT2D eigenvalue weighted by atomic mass is 32.1. The molecule has 0 radical (unpaired) electrons. The van der Waals surface area contributed by atoms with E-state index >= 15 is 0 Å². The second kappa shape index (κ2) is 15.0. The Kier molecular flexibility index (Phi) is 8.61. The number of benzene rings is 10. The maximum atomic E-state index is 7.07. The Morgan fingerprint density at radius 3 is 1.67 bits per heavy atom. The van der Waals surface area contributed by atoms with Crippen LogP contribution in [0.4, 0.5) is 17.1 Å². The lowest BCUT2D eigenvalue weighted by Crippen LogP contribution is -2.10. The van der Waals surface area contributed by atoms with Gasteiger partial charge in [0.1, 0.15) is 11.2 Å². The summed E-state index contributed by atoms with van der Waals surface area (Å²) in [6.45, 7) is 0. The van der Waals surface area contributed by atoms with Gasteiger partial charge in [-0.2, -0.15) is 0 Å². The first-order valence-corrected chi connectivity index (χ1v) is 23.3. The zero-order chi connectivity index (χ0) is 42.1. The Hall–Kier alpha value is -7.76. The van der Waals surface area contributed by atoms with Crippen molar-refractivity contribution in [1.29, 1.82) is 0 Å². The number of thiophene rings is 2. The van der Waals surface area contributed by atoms with Crippen LogP contribution in [0.2, 0.25) is 0 Å². The molecule has 3 heterocycles. The summed E-state index contributed by atoms with van der Waals surface area (Å²) < 4.78 is 12.2. The molecule has 10 aromatic carbocycles. The van der Waals surface area contributed by atoms with E-state index < -0.39 is 0 Å². The summed E-state index contributed by atoms with van der Waals surface area (Å²) in [6.07, 6.45) is 0. The Balaban J connectivity index is 1.08. The first kappa shape index (κ1) is 36.9. The summed E-state index contributed by atoms with van der Waals surface area (Å²) in [6, 6.07) is 81.5. The molecule has 0 aliphatic rings. The second-order valence-electron chi connectivity index (χ2n) is 16.4. The van der Waals surface area contributed by atoms with E-state index in [2.05, 4.69) is 229 Å². The van der Waals surface area contributed by atoms with Crippen molar-refractivity contribution in [3.8, 4) is 44.5 Å². The number of hydrogen-bond donors (Lipinski definition) is 0. The molecule has 13 aromatic rings. The Morgan fingerprint density at radius 2 is 0.922 bits per heavy atom. The van der Waals surface area contributed by atoms with E-state index in [1.54, 1.807) is 0 Å². The van der Waals surface area contributed by atoms with Gasteiger partial charge >= 0.3 is 0 Å². The third-order valence-corrected chi connectivity index (χ3v) is 15.0. The average molecular weight is 852 g/mol. The minimum atomic E-state index is 0.864. The lowest BCUT2D eigenvalue weighted by Gasteiger charge is -2.27. The zero-order valence-electron chi connectivity index (χ0n) is 34.5. The minimum Gasteiger partial charge on any atom is -0.455 e. The highest BCUT2D eigenvalue weighted by Gasteiger charge is 2.24. The monoisotopic (exact) mass is 851 g/mol. The van der Waals surface area contributed by atoms with Gasteiger partial charge in [0.2, 0.25) is 0 Å². The molecular formula is C60H37NOS2. The fraction of sp³-hybridized carbons (Fsp3) is 0. The molecule has 13 rings (SSSR count). The lowest BCUT2D eigenvalue weighted by atomic mass is 9.96. The molecule has 2 nitrogen and oxygen atoms in total.